The molecule has 17 heavy (non-hydrogen) atoms. The Morgan fingerprint density at radius 2 is 2.06 bits per heavy atom. The van der Waals surface area contributed by atoms with Crippen molar-refractivity contribution < 1.29 is 13.6 Å². The largest absolute Gasteiger partial charge is 0.327 e. The second kappa shape index (κ2) is 5.72. The molecule has 0 radical (unpaired) electrons. The van der Waals surface area contributed by atoms with Gasteiger partial charge in [-0.05, 0) is 18.1 Å². The van der Waals surface area contributed by atoms with E-state index in [0.29, 0.717) is 0 Å². The fraction of sp³-hybridized carbons (Fsp3) is 0.417. The van der Waals surface area contributed by atoms with Crippen LogP contribution in [0.25, 0.3) is 0 Å². The summed E-state index contributed by atoms with van der Waals surface area (Å²) in [4.78, 5) is 11.5. The lowest BCUT2D eigenvalue weighted by atomic mass is 10.0. The first-order chi connectivity index (χ1) is 7.90. The minimum absolute atomic E-state index is 0.0770. The smallest absolute Gasteiger partial charge is 0.226 e. The molecule has 3 N–H and O–H groups in total. The maximum atomic E-state index is 13.2. The molecule has 0 saturated heterocycles. The lowest BCUT2D eigenvalue weighted by Crippen LogP contribution is -2.31. The van der Waals surface area contributed by atoms with Crippen molar-refractivity contribution in [1.82, 2.24) is 0 Å². The van der Waals surface area contributed by atoms with Crippen LogP contribution in [0.2, 0.25) is 0 Å². The Bertz CT molecular complexity index is 407. The van der Waals surface area contributed by atoms with E-state index in [1.54, 1.807) is 0 Å². The van der Waals surface area contributed by atoms with Gasteiger partial charge in [0, 0.05) is 18.5 Å². The molecule has 1 amide bonds. The van der Waals surface area contributed by atoms with Gasteiger partial charge < -0.3 is 11.1 Å². The number of hydrogen-bond donors (Lipinski definition) is 2. The highest BCUT2D eigenvalue weighted by molar-refractivity contribution is 5.91. The topological polar surface area (TPSA) is 55.1 Å². The zero-order chi connectivity index (χ0) is 13.0. The van der Waals surface area contributed by atoms with Gasteiger partial charge in [0.1, 0.15) is 11.6 Å². The minimum atomic E-state index is -0.669. The Hall–Kier alpha value is -1.49. The number of anilines is 1. The molecule has 0 fully saturated rings. The van der Waals surface area contributed by atoms with Crippen molar-refractivity contribution >= 4 is 11.6 Å². The third kappa shape index (κ3) is 4.11. The standard InChI is InChI=1S/C12H16F2N2O/c1-7(2)10(15)6-12(17)16-11-5-8(13)3-4-9(11)14/h3-5,7,10H,6,15H2,1-2H3,(H,16,17). The molecule has 0 aliphatic carbocycles. The lowest BCUT2D eigenvalue weighted by molar-refractivity contribution is -0.116. The molecule has 1 rings (SSSR count). The Morgan fingerprint density at radius 3 is 2.65 bits per heavy atom. The summed E-state index contributed by atoms with van der Waals surface area (Å²) in [5, 5.41) is 2.30. The molecule has 0 saturated carbocycles. The highest BCUT2D eigenvalue weighted by atomic mass is 19.1. The summed E-state index contributed by atoms with van der Waals surface area (Å²) in [7, 11) is 0. The summed E-state index contributed by atoms with van der Waals surface area (Å²) in [6.45, 7) is 3.78. The molecule has 1 aromatic rings. The lowest BCUT2D eigenvalue weighted by Gasteiger charge is -2.15. The Kier molecular flexibility index (Phi) is 4.57. The number of carbonyl (C=O) groups is 1. The van der Waals surface area contributed by atoms with Crippen LogP contribution in [0.3, 0.4) is 0 Å². The van der Waals surface area contributed by atoms with Crippen LogP contribution in [0.4, 0.5) is 14.5 Å². The summed E-state index contributed by atoms with van der Waals surface area (Å²) >= 11 is 0. The summed E-state index contributed by atoms with van der Waals surface area (Å²) in [5.41, 5.74) is 5.55. The average Bonchev–Trinajstić information content (AvgIpc) is 2.23. The molecule has 1 unspecified atom stereocenters. The Labute approximate surface area is 99.0 Å². The van der Waals surface area contributed by atoms with Crippen LogP contribution in [0.1, 0.15) is 20.3 Å². The molecule has 0 aliphatic heterocycles. The summed E-state index contributed by atoms with van der Waals surface area (Å²) < 4.78 is 26.1. The number of amides is 1. The van der Waals surface area contributed by atoms with Crippen LogP contribution in [-0.2, 0) is 4.79 Å². The average molecular weight is 242 g/mol. The van der Waals surface area contributed by atoms with Crippen molar-refractivity contribution in [3.8, 4) is 0 Å². The van der Waals surface area contributed by atoms with E-state index in [1.807, 2.05) is 13.8 Å². The number of benzene rings is 1. The van der Waals surface area contributed by atoms with Crippen molar-refractivity contribution in [3.05, 3.63) is 29.8 Å². The molecule has 0 bridgehead atoms. The van der Waals surface area contributed by atoms with Gasteiger partial charge in [-0.15, -0.1) is 0 Å². The van der Waals surface area contributed by atoms with E-state index in [1.165, 1.54) is 0 Å². The number of nitrogens with one attached hydrogen (secondary N) is 1. The predicted octanol–water partition coefficient (Wildman–Crippen LogP) is 2.28. The van der Waals surface area contributed by atoms with Crippen molar-refractivity contribution in [2.75, 3.05) is 5.32 Å². The number of carbonyl (C=O) groups excluding carboxylic acids is 1. The maximum absolute atomic E-state index is 13.2. The van der Waals surface area contributed by atoms with Gasteiger partial charge in [0.2, 0.25) is 5.91 Å². The zero-order valence-corrected chi connectivity index (χ0v) is 9.84. The predicted molar refractivity (Wildman–Crippen MR) is 62.4 cm³/mol. The summed E-state index contributed by atoms with van der Waals surface area (Å²) in [5.74, 6) is -1.54. The van der Waals surface area contributed by atoms with Gasteiger partial charge in [0.15, 0.2) is 0 Å². The second-order valence-corrected chi connectivity index (χ2v) is 4.28. The Morgan fingerprint density at radius 1 is 1.41 bits per heavy atom. The van der Waals surface area contributed by atoms with E-state index in [9.17, 15) is 13.6 Å². The molecule has 3 nitrogen and oxygen atoms in total. The van der Waals surface area contributed by atoms with Gasteiger partial charge in [-0.3, -0.25) is 4.79 Å². The molecule has 0 spiro atoms. The molecular formula is C12H16F2N2O. The van der Waals surface area contributed by atoms with Crippen molar-refractivity contribution in [2.45, 2.75) is 26.3 Å². The molecule has 1 atom stereocenters. The third-order valence-corrected chi connectivity index (χ3v) is 2.48. The van der Waals surface area contributed by atoms with Gasteiger partial charge in [-0.1, -0.05) is 13.8 Å². The molecule has 94 valence electrons. The van der Waals surface area contributed by atoms with Gasteiger partial charge >= 0.3 is 0 Å². The van der Waals surface area contributed by atoms with Crippen molar-refractivity contribution in [3.63, 3.8) is 0 Å². The molecule has 1 aromatic carbocycles. The van der Waals surface area contributed by atoms with Crippen LogP contribution >= 0.6 is 0 Å². The third-order valence-electron chi connectivity index (χ3n) is 2.48. The molecule has 0 heterocycles. The van der Waals surface area contributed by atoms with Gasteiger partial charge in [-0.25, -0.2) is 8.78 Å². The van der Waals surface area contributed by atoms with E-state index in [4.69, 9.17) is 5.73 Å². The first-order valence-corrected chi connectivity index (χ1v) is 5.40. The van der Waals surface area contributed by atoms with E-state index in [2.05, 4.69) is 5.32 Å². The highest BCUT2D eigenvalue weighted by Crippen LogP contribution is 2.16. The number of halogens is 2. The van der Waals surface area contributed by atoms with E-state index < -0.39 is 17.5 Å². The first-order valence-electron chi connectivity index (χ1n) is 5.40. The van der Waals surface area contributed by atoms with Crippen LogP contribution < -0.4 is 11.1 Å². The Balaban J connectivity index is 2.65. The van der Waals surface area contributed by atoms with Crippen molar-refractivity contribution in [2.24, 2.45) is 11.7 Å². The van der Waals surface area contributed by atoms with Crippen LogP contribution in [0.15, 0.2) is 18.2 Å². The van der Waals surface area contributed by atoms with Gasteiger partial charge in [0.05, 0.1) is 5.69 Å². The second-order valence-electron chi connectivity index (χ2n) is 4.28. The van der Waals surface area contributed by atoms with Crippen LogP contribution in [0, 0.1) is 17.6 Å². The van der Waals surface area contributed by atoms with Crippen molar-refractivity contribution in [1.29, 1.82) is 0 Å². The van der Waals surface area contributed by atoms with Crippen LogP contribution in [-0.4, -0.2) is 11.9 Å². The molecule has 5 heteroatoms. The quantitative estimate of drug-likeness (QED) is 0.851. The van der Waals surface area contributed by atoms with E-state index in [-0.39, 0.29) is 24.1 Å². The summed E-state index contributed by atoms with van der Waals surface area (Å²) in [6, 6.07) is 2.60. The van der Waals surface area contributed by atoms with Gasteiger partial charge in [0.25, 0.3) is 0 Å². The van der Waals surface area contributed by atoms with E-state index in [0.717, 1.165) is 18.2 Å². The fourth-order valence-electron chi connectivity index (χ4n) is 1.24. The molecule has 0 aromatic heterocycles. The summed E-state index contributed by atoms with van der Waals surface area (Å²) in [6.07, 6.45) is 0.0770. The normalized spacial score (nSPS) is 12.6. The number of rotatable bonds is 4. The maximum Gasteiger partial charge on any atom is 0.226 e. The van der Waals surface area contributed by atoms with Gasteiger partial charge in [-0.2, -0.15) is 0 Å². The minimum Gasteiger partial charge on any atom is -0.327 e. The first kappa shape index (κ1) is 13.6. The zero-order valence-electron chi connectivity index (χ0n) is 9.84. The fourth-order valence-corrected chi connectivity index (χ4v) is 1.24. The SMILES string of the molecule is CC(C)C(N)CC(=O)Nc1cc(F)ccc1F. The number of nitrogens with two attached hydrogens (primary N) is 1. The number of hydrogen-bond acceptors (Lipinski definition) is 2. The highest BCUT2D eigenvalue weighted by Gasteiger charge is 2.14. The van der Waals surface area contributed by atoms with E-state index >= 15 is 0 Å². The monoisotopic (exact) mass is 242 g/mol. The molecule has 0 aliphatic rings. The molecular weight excluding hydrogens is 226 g/mol. The van der Waals surface area contributed by atoms with Crippen LogP contribution in [0.5, 0.6) is 0 Å².